The van der Waals surface area contributed by atoms with Crippen molar-refractivity contribution in [3.63, 3.8) is 0 Å². The first-order valence-corrected chi connectivity index (χ1v) is 5.92. The molecule has 0 bridgehead atoms. The average Bonchev–Trinajstić information content (AvgIpc) is 2.26. The van der Waals surface area contributed by atoms with Crippen molar-refractivity contribution in [2.45, 2.75) is 39.5 Å². The van der Waals surface area contributed by atoms with Crippen molar-refractivity contribution in [1.29, 1.82) is 0 Å². The Hall–Kier alpha value is -1.31. The molecule has 2 atom stereocenters. The van der Waals surface area contributed by atoms with Crippen molar-refractivity contribution in [3.8, 4) is 0 Å². The van der Waals surface area contributed by atoms with Gasteiger partial charge in [-0.25, -0.2) is 0 Å². The van der Waals surface area contributed by atoms with Gasteiger partial charge >= 0.3 is 0 Å². The van der Waals surface area contributed by atoms with Crippen LogP contribution in [0.3, 0.4) is 0 Å². The molecule has 88 valence electrons. The molecule has 0 heterocycles. The predicted molar refractivity (Wildman–Crippen MR) is 68.3 cm³/mol. The molecule has 0 saturated heterocycles. The van der Waals surface area contributed by atoms with Crippen LogP contribution in [0, 0.1) is 5.92 Å². The summed E-state index contributed by atoms with van der Waals surface area (Å²) in [5.41, 5.74) is 7.66. The van der Waals surface area contributed by atoms with Gasteiger partial charge in [-0.05, 0) is 37.0 Å². The number of benzene rings is 1. The van der Waals surface area contributed by atoms with E-state index < -0.39 is 0 Å². The zero-order chi connectivity index (χ0) is 12.1. The first kappa shape index (κ1) is 12.8. The highest BCUT2D eigenvalue weighted by molar-refractivity contribution is 5.79. The highest BCUT2D eigenvalue weighted by atomic mass is 16.1. The molecule has 0 radical (unpaired) electrons. The van der Waals surface area contributed by atoms with Gasteiger partial charge in [0.15, 0.2) is 0 Å². The van der Waals surface area contributed by atoms with Crippen LogP contribution >= 0.6 is 0 Å². The van der Waals surface area contributed by atoms with Crippen LogP contribution in [-0.4, -0.2) is 5.78 Å². The van der Waals surface area contributed by atoms with Gasteiger partial charge in [0.05, 0.1) is 0 Å². The summed E-state index contributed by atoms with van der Waals surface area (Å²) >= 11 is 0. The number of hydrogen-bond donors (Lipinski definition) is 1. The van der Waals surface area contributed by atoms with Gasteiger partial charge in [0.2, 0.25) is 0 Å². The van der Waals surface area contributed by atoms with Gasteiger partial charge in [-0.2, -0.15) is 0 Å². The van der Waals surface area contributed by atoms with Crippen LogP contribution in [-0.2, 0) is 4.79 Å². The SMILES string of the molecule is CCCC(c1ccc(N)cc1)C(C)C(C)=O. The lowest BCUT2D eigenvalue weighted by molar-refractivity contribution is -0.120. The number of anilines is 1. The Bertz CT molecular complexity index is 342. The third-order valence-electron chi connectivity index (χ3n) is 3.21. The van der Waals surface area contributed by atoms with Gasteiger partial charge < -0.3 is 5.73 Å². The predicted octanol–water partition coefficient (Wildman–Crippen LogP) is 3.38. The topological polar surface area (TPSA) is 43.1 Å². The minimum Gasteiger partial charge on any atom is -0.399 e. The van der Waals surface area contributed by atoms with E-state index in [1.54, 1.807) is 6.92 Å². The van der Waals surface area contributed by atoms with Gasteiger partial charge in [-0.3, -0.25) is 4.79 Å². The van der Waals surface area contributed by atoms with Gasteiger partial charge in [0, 0.05) is 11.6 Å². The second kappa shape index (κ2) is 5.69. The number of Topliss-reactive ketones (excluding diaryl/α,β-unsaturated/α-hetero) is 1. The Kier molecular flexibility index (Phi) is 4.53. The second-order valence-corrected chi connectivity index (χ2v) is 4.46. The van der Waals surface area contributed by atoms with Crippen LogP contribution in [0.2, 0.25) is 0 Å². The normalized spacial score (nSPS) is 14.4. The number of rotatable bonds is 5. The van der Waals surface area contributed by atoms with E-state index in [1.807, 2.05) is 31.2 Å². The molecule has 0 aliphatic rings. The largest absolute Gasteiger partial charge is 0.399 e. The van der Waals surface area contributed by atoms with Crippen molar-refractivity contribution in [3.05, 3.63) is 29.8 Å². The van der Waals surface area contributed by atoms with E-state index in [-0.39, 0.29) is 11.7 Å². The summed E-state index contributed by atoms with van der Waals surface area (Å²) in [7, 11) is 0. The lowest BCUT2D eigenvalue weighted by atomic mass is 9.82. The Morgan fingerprint density at radius 3 is 2.31 bits per heavy atom. The van der Waals surface area contributed by atoms with Crippen LogP contribution in [0.1, 0.15) is 45.1 Å². The molecular formula is C14H21NO. The highest BCUT2D eigenvalue weighted by Gasteiger charge is 2.21. The van der Waals surface area contributed by atoms with E-state index in [2.05, 4.69) is 6.92 Å². The molecule has 16 heavy (non-hydrogen) atoms. The summed E-state index contributed by atoms with van der Waals surface area (Å²) in [5, 5.41) is 0. The van der Waals surface area contributed by atoms with Gasteiger partial charge in [-0.1, -0.05) is 32.4 Å². The van der Waals surface area contributed by atoms with E-state index in [0.29, 0.717) is 5.92 Å². The smallest absolute Gasteiger partial charge is 0.133 e. The number of ketones is 1. The zero-order valence-corrected chi connectivity index (χ0v) is 10.4. The minimum atomic E-state index is 0.0866. The van der Waals surface area contributed by atoms with Crippen LogP contribution in [0.4, 0.5) is 5.69 Å². The summed E-state index contributed by atoms with van der Waals surface area (Å²) in [4.78, 5) is 11.5. The Balaban J connectivity index is 2.92. The number of hydrogen-bond acceptors (Lipinski definition) is 2. The number of nitrogens with two attached hydrogens (primary N) is 1. The highest BCUT2D eigenvalue weighted by Crippen LogP contribution is 2.30. The number of carbonyl (C=O) groups excluding carboxylic acids is 1. The van der Waals surface area contributed by atoms with Gasteiger partial charge in [0.1, 0.15) is 5.78 Å². The molecule has 1 aromatic carbocycles. The van der Waals surface area contributed by atoms with Crippen molar-refractivity contribution in [2.24, 2.45) is 5.92 Å². The monoisotopic (exact) mass is 219 g/mol. The quantitative estimate of drug-likeness (QED) is 0.771. The van der Waals surface area contributed by atoms with Gasteiger partial charge in [-0.15, -0.1) is 0 Å². The third kappa shape index (κ3) is 3.09. The first-order chi connectivity index (χ1) is 7.56. The second-order valence-electron chi connectivity index (χ2n) is 4.46. The maximum Gasteiger partial charge on any atom is 0.133 e. The molecular weight excluding hydrogens is 198 g/mol. The summed E-state index contributed by atoms with van der Waals surface area (Å²) < 4.78 is 0. The van der Waals surface area contributed by atoms with E-state index in [4.69, 9.17) is 5.73 Å². The molecule has 0 saturated carbocycles. The summed E-state index contributed by atoms with van der Waals surface area (Å²) in [6.07, 6.45) is 2.14. The van der Waals surface area contributed by atoms with Crippen molar-refractivity contribution in [1.82, 2.24) is 0 Å². The molecule has 2 heteroatoms. The summed E-state index contributed by atoms with van der Waals surface area (Å²) in [5.74, 6) is 0.668. The van der Waals surface area contributed by atoms with E-state index in [9.17, 15) is 4.79 Å². The summed E-state index contributed by atoms with van der Waals surface area (Å²) in [6, 6.07) is 7.89. The molecule has 2 unspecified atom stereocenters. The van der Waals surface area contributed by atoms with Crippen LogP contribution in [0.25, 0.3) is 0 Å². The molecule has 2 N–H and O–H groups in total. The van der Waals surface area contributed by atoms with Crippen molar-refractivity contribution >= 4 is 11.5 Å². The lowest BCUT2D eigenvalue weighted by Gasteiger charge is -2.22. The van der Waals surface area contributed by atoms with Crippen LogP contribution in [0.15, 0.2) is 24.3 Å². The summed E-state index contributed by atoms with van der Waals surface area (Å²) in [6.45, 7) is 5.83. The fraction of sp³-hybridized carbons (Fsp3) is 0.500. The van der Waals surface area contributed by atoms with Crippen LogP contribution in [0.5, 0.6) is 0 Å². The van der Waals surface area contributed by atoms with E-state index in [1.165, 1.54) is 5.56 Å². The molecule has 1 rings (SSSR count). The van der Waals surface area contributed by atoms with E-state index >= 15 is 0 Å². The standard InChI is InChI=1S/C14H21NO/c1-4-5-14(10(2)11(3)16)12-6-8-13(15)9-7-12/h6-10,14H,4-5,15H2,1-3H3. The number of carbonyl (C=O) groups is 1. The van der Waals surface area contributed by atoms with E-state index in [0.717, 1.165) is 18.5 Å². The number of nitrogen functional groups attached to an aromatic ring is 1. The zero-order valence-electron chi connectivity index (χ0n) is 10.4. The third-order valence-corrected chi connectivity index (χ3v) is 3.21. The lowest BCUT2D eigenvalue weighted by Crippen LogP contribution is -2.17. The fourth-order valence-corrected chi connectivity index (χ4v) is 2.04. The molecule has 2 nitrogen and oxygen atoms in total. The molecule has 0 aliphatic heterocycles. The maximum absolute atomic E-state index is 11.5. The van der Waals surface area contributed by atoms with Crippen LogP contribution < -0.4 is 5.73 Å². The van der Waals surface area contributed by atoms with Gasteiger partial charge in [0.25, 0.3) is 0 Å². The molecule has 0 fully saturated rings. The first-order valence-electron chi connectivity index (χ1n) is 5.92. The maximum atomic E-state index is 11.5. The average molecular weight is 219 g/mol. The molecule has 0 amide bonds. The fourth-order valence-electron chi connectivity index (χ4n) is 2.04. The molecule has 0 aromatic heterocycles. The van der Waals surface area contributed by atoms with Crippen molar-refractivity contribution in [2.75, 3.05) is 5.73 Å². The Labute approximate surface area is 97.9 Å². The van der Waals surface area contributed by atoms with Crippen molar-refractivity contribution < 1.29 is 4.79 Å². The Morgan fingerprint density at radius 1 is 1.31 bits per heavy atom. The Morgan fingerprint density at radius 2 is 1.88 bits per heavy atom. The molecule has 1 aromatic rings. The minimum absolute atomic E-state index is 0.0866. The molecule has 0 aliphatic carbocycles. The molecule has 0 spiro atoms.